The molecule has 8 aliphatic heterocycles. The van der Waals surface area contributed by atoms with Crippen LogP contribution in [0.15, 0.2) is 172 Å². The number of piperidine rings is 1. The van der Waals surface area contributed by atoms with Crippen LogP contribution in [0, 0.1) is 40.9 Å². The number of carbonyl (C=O) groups excluding carboxylic acids is 1. The standard InChI is InChI=1S/C24H29FN6O2.C24H19FN4O2.C23H25FN4O.C22H23FN4O2.C22H23FN4O/c1-29(2)14-23(32)30-10-7-16(8-11-30)19-13-26-22(31-15-27-28-24(19)31)6-3-17-18-9-12-33-21(18)5-4-20(17)25;25-20-6-7-22-18(10-12-31-22)16(20)5-8-23-26-13-19(24-28-27-14-29(23)24)15-9-11-30-21-4-2-1-3-17(15)21;1-14-9-15(2)11-16(10-14)19-12-25-22(28-13-26-27-23(19)28)6-3-17-18-7-8-29-21(18)5-4-20(17)24;1-13-9-15(10-14(2)29-13)18-11-24-21(27-12-25-26-22(18)27)6-3-16-17-7-8-28-20(17)5-4-19(16)23;23-19-8-9-20-17(11-12-28-20)16(19)7-10-21-24-13-18(22-26-25-14-27(21)22)15-5-3-1-2-4-6-15/h4-5,13,15-16H,3,6-12,14H2,1-2H3;1-4,6-7,9,13-14H,5,8,10-12H2;4-5,10,12-15H,3,6-9,11H2,1-2H3;4-5,9,11-14H,3,6-8,10H2,1-2H3;5,8-9,13-14H,1-4,6-7,10-12H2. The lowest BCUT2D eigenvalue weighted by molar-refractivity contribution is -0.132. The van der Waals surface area contributed by atoms with Gasteiger partial charge in [-0.3, -0.25) is 26.8 Å². The van der Waals surface area contributed by atoms with Crippen molar-refractivity contribution in [3.05, 3.63) is 319 Å². The maximum atomic E-state index is 14.5. The van der Waals surface area contributed by atoms with Crippen molar-refractivity contribution >= 4 is 56.4 Å². The average molecular weight is 2030 g/mol. The Bertz CT molecular complexity index is 7720. The largest absolute Gasteiger partial charge is 0.493 e. The van der Waals surface area contributed by atoms with E-state index in [-0.39, 0.29) is 53.1 Å². The van der Waals surface area contributed by atoms with Gasteiger partial charge in [0.15, 0.2) is 28.2 Å². The minimum absolute atomic E-state index is 0.0572. The first kappa shape index (κ1) is 99.5. The molecule has 0 N–H and O–H groups in total. The fourth-order valence-corrected chi connectivity index (χ4v) is 23.1. The molecule has 4 unspecified atom stereocenters. The van der Waals surface area contributed by atoms with Crippen LogP contribution in [-0.4, -0.2) is 199 Å². The molecule has 2 aliphatic carbocycles. The third-order valence-electron chi connectivity index (χ3n) is 30.3. The number of rotatable bonds is 22. The number of likely N-dealkylation sites (tertiary alicyclic amines) is 1. The van der Waals surface area contributed by atoms with Gasteiger partial charge in [-0.15, -0.1) is 51.0 Å². The summed E-state index contributed by atoms with van der Waals surface area (Å²) >= 11 is 0. The first-order valence-corrected chi connectivity index (χ1v) is 52.5. The number of hydrogen-bond acceptors (Lipinski definition) is 24. The summed E-state index contributed by atoms with van der Waals surface area (Å²) in [5.41, 5.74) is 23.5. The highest BCUT2D eigenvalue weighted by Gasteiger charge is 2.33. The number of hydrogen-bond donors (Lipinski definition) is 0. The number of aromatic nitrogens is 20. The second-order valence-electron chi connectivity index (χ2n) is 40.5. The molecule has 0 spiro atoms. The van der Waals surface area contributed by atoms with Crippen LogP contribution in [0.1, 0.15) is 216 Å². The minimum atomic E-state index is -0.190. The summed E-state index contributed by atoms with van der Waals surface area (Å²) in [5, 5.41) is 42.4. The Morgan fingerprint density at radius 1 is 0.387 bits per heavy atom. The molecule has 26 rings (SSSR count). The van der Waals surface area contributed by atoms with Crippen molar-refractivity contribution < 1.29 is 59.9 Å². The van der Waals surface area contributed by atoms with Crippen molar-refractivity contribution in [3.8, 4) is 34.5 Å². The van der Waals surface area contributed by atoms with E-state index in [0.717, 1.165) is 259 Å². The van der Waals surface area contributed by atoms with Crippen LogP contribution in [0.5, 0.6) is 34.5 Å². The Balaban J connectivity index is 0.000000106. The zero-order chi connectivity index (χ0) is 103. The van der Waals surface area contributed by atoms with Crippen LogP contribution in [-0.2, 0) is 106 Å². The topological polar surface area (TPSA) is 304 Å². The quantitative estimate of drug-likeness (QED) is 0.0569. The molecular weight excluding hydrogens is 1910 g/mol. The van der Waals surface area contributed by atoms with E-state index in [2.05, 4.69) is 90.0 Å². The first-order valence-electron chi connectivity index (χ1n) is 52.5. The van der Waals surface area contributed by atoms with Gasteiger partial charge in [-0.2, -0.15) is 0 Å². The van der Waals surface area contributed by atoms with Gasteiger partial charge in [-0.1, -0.05) is 56.7 Å². The molecule has 772 valence electrons. The molecule has 1 fully saturated rings. The van der Waals surface area contributed by atoms with Gasteiger partial charge in [-0.05, 0) is 259 Å². The summed E-state index contributed by atoms with van der Waals surface area (Å²) in [6.07, 6.45) is 47.2. The molecule has 4 atom stereocenters. The van der Waals surface area contributed by atoms with Gasteiger partial charge in [0.1, 0.15) is 131 Å². The van der Waals surface area contributed by atoms with E-state index in [0.29, 0.717) is 133 Å². The number of ether oxygens (including phenoxy) is 7. The number of aryl methyl sites for hydroxylation is 5. The van der Waals surface area contributed by atoms with Crippen molar-refractivity contribution in [2.75, 3.05) is 73.4 Å². The first-order chi connectivity index (χ1) is 73.3. The Morgan fingerprint density at radius 2 is 0.773 bits per heavy atom. The van der Waals surface area contributed by atoms with E-state index in [4.69, 9.17) is 58.1 Å². The summed E-state index contributed by atoms with van der Waals surface area (Å²) in [7, 11) is 3.82. The van der Waals surface area contributed by atoms with Crippen molar-refractivity contribution in [1.29, 1.82) is 0 Å². The molecule has 0 radical (unpaired) electrons. The Morgan fingerprint density at radius 3 is 1.19 bits per heavy atom. The van der Waals surface area contributed by atoms with Crippen LogP contribution in [0.3, 0.4) is 0 Å². The van der Waals surface area contributed by atoms with Crippen molar-refractivity contribution in [1.82, 2.24) is 108 Å². The molecule has 35 heteroatoms. The van der Waals surface area contributed by atoms with E-state index in [9.17, 15) is 26.7 Å². The number of halogens is 5. The van der Waals surface area contributed by atoms with Gasteiger partial charge in [0.05, 0.1) is 51.8 Å². The van der Waals surface area contributed by atoms with Crippen LogP contribution in [0.25, 0.3) is 50.5 Å². The Kier molecular flexibility index (Phi) is 29.4. The van der Waals surface area contributed by atoms with Crippen LogP contribution in [0.4, 0.5) is 22.0 Å². The molecule has 10 aromatic heterocycles. The maximum Gasteiger partial charge on any atom is 0.236 e. The van der Waals surface area contributed by atoms with Crippen molar-refractivity contribution in [2.24, 2.45) is 11.8 Å². The van der Waals surface area contributed by atoms with Crippen LogP contribution < -0.4 is 28.4 Å². The van der Waals surface area contributed by atoms with Gasteiger partial charge < -0.3 is 43.0 Å². The number of carbonyl (C=O) groups is 1. The monoisotopic (exact) mass is 2030 g/mol. The van der Waals surface area contributed by atoms with E-state index in [1.807, 2.05) is 114 Å². The molecular formula is C115H119F5N22O8. The highest BCUT2D eigenvalue weighted by atomic mass is 19.1. The molecule has 0 saturated carbocycles. The Hall–Kier alpha value is -15.1. The van der Waals surface area contributed by atoms with Gasteiger partial charge in [0.2, 0.25) is 5.91 Å². The average Bonchev–Trinajstić information content (AvgIpc) is 1.50. The van der Waals surface area contributed by atoms with Gasteiger partial charge >= 0.3 is 0 Å². The van der Waals surface area contributed by atoms with Crippen molar-refractivity contribution in [3.63, 3.8) is 0 Å². The zero-order valence-electron chi connectivity index (χ0n) is 85.1. The Labute approximate surface area is 864 Å². The molecule has 18 heterocycles. The predicted octanol–water partition coefficient (Wildman–Crippen LogP) is 18.4. The lowest BCUT2D eigenvalue weighted by Crippen LogP contribution is -2.42. The van der Waals surface area contributed by atoms with Crippen molar-refractivity contribution in [2.45, 2.75) is 206 Å². The molecule has 0 bridgehead atoms. The normalized spacial score (nSPS) is 17.9. The van der Waals surface area contributed by atoms with Crippen LogP contribution in [0.2, 0.25) is 0 Å². The number of nitrogens with zero attached hydrogens (tertiary/aromatic N) is 22. The van der Waals surface area contributed by atoms with Crippen LogP contribution >= 0.6 is 0 Å². The summed E-state index contributed by atoms with van der Waals surface area (Å²) in [5.74, 6) is 9.76. The number of allylic oxidation sites excluding steroid dienone is 4. The molecule has 1 amide bonds. The highest BCUT2D eigenvalue weighted by molar-refractivity contribution is 5.89. The smallest absolute Gasteiger partial charge is 0.236 e. The maximum absolute atomic E-state index is 14.5. The van der Waals surface area contributed by atoms with E-state index >= 15 is 0 Å². The molecule has 150 heavy (non-hydrogen) atoms. The second kappa shape index (κ2) is 44.3. The second-order valence-corrected chi connectivity index (χ2v) is 40.5. The number of amides is 1. The van der Waals surface area contributed by atoms with Gasteiger partial charge in [-0.25, -0.2) is 46.9 Å². The summed E-state index contributed by atoms with van der Waals surface area (Å²) in [6, 6.07) is 24.0. The predicted molar refractivity (Wildman–Crippen MR) is 554 cm³/mol. The third-order valence-corrected chi connectivity index (χ3v) is 30.3. The molecule has 6 aromatic carbocycles. The van der Waals surface area contributed by atoms with E-state index < -0.39 is 0 Å². The lowest BCUT2D eigenvalue weighted by atomic mass is 9.82. The van der Waals surface area contributed by atoms with E-state index in [1.165, 1.54) is 72.7 Å². The summed E-state index contributed by atoms with van der Waals surface area (Å²) < 4.78 is 122. The summed E-state index contributed by atoms with van der Waals surface area (Å²) in [4.78, 5) is 39.8. The SMILES string of the molecule is CC1C=C(c2cnc(CCc3c(F)ccc4c3CCO4)n3cnnc23)CC(C)C1.CC1C=C(c2cnc(CCc3c(F)ccc4c3CCO4)n3cnnc23)CC(C)O1.CN(C)CC(=O)N1CCC(c2cnc(CCc3c(F)ccc4c3CCO4)n3cnnc23)CC1.Fc1ccc2c(c1CCc1ncc(C3=CCCCCC3)c3nncn13)CCO2.Fc1ccc2c(c1CCc1ncc(C3=CCOc4ccccc43)c3nncn13)CCO2. The third kappa shape index (κ3) is 21.0. The lowest BCUT2D eigenvalue weighted by Gasteiger charge is -2.32. The minimum Gasteiger partial charge on any atom is -0.493 e. The fourth-order valence-electron chi connectivity index (χ4n) is 23.1. The van der Waals surface area contributed by atoms with E-state index in [1.54, 1.807) is 62.0 Å². The molecule has 1 saturated heterocycles. The number of likely N-dealkylation sites (N-methyl/N-ethyl adjacent to an activating group) is 1. The molecule has 30 nitrogen and oxygen atoms in total. The highest BCUT2D eigenvalue weighted by Crippen LogP contribution is 2.43. The number of para-hydroxylation sites is 1. The van der Waals surface area contributed by atoms with Gasteiger partial charge in [0.25, 0.3) is 0 Å². The number of fused-ring (bicyclic) bond motifs is 11. The number of benzene rings is 6. The van der Waals surface area contributed by atoms with Gasteiger partial charge in [0, 0.05) is 169 Å². The fraction of sp³-hybridized carbons (Fsp3) is 0.391. The zero-order valence-corrected chi connectivity index (χ0v) is 85.1. The summed E-state index contributed by atoms with van der Waals surface area (Å²) in [6.45, 7) is 14.1. The molecule has 10 aliphatic rings. The molecule has 16 aromatic rings.